The van der Waals surface area contributed by atoms with Crippen LogP contribution in [0.25, 0.3) is 67.5 Å². The first-order valence-electron chi connectivity index (χ1n) is 23.5. The number of carboxylic acid groups (broad SMARTS) is 1. The van der Waals surface area contributed by atoms with Gasteiger partial charge in [-0.15, -0.1) is 0 Å². The Morgan fingerprint density at radius 1 is 0.649 bits per heavy atom. The fourth-order valence-corrected chi connectivity index (χ4v) is 8.49. The standard InChI is InChI=1S/C28H28F3N3O5.C24H20F3N3O5/c1-27(2,3)38-24(35)10-13-34-12-9-19-20(5-4-6-22(19)34)26-32-25(33-39-26)17-7-8-23(21(15-17)28(29,30)31)37-18-11-14-36-16-18;25-24(26,27)18-12-14(4-5-20(18)34-15-8-11-33-13-15)22-28-23(35-29-22)17-2-1-3-19-16(17)6-9-30(19)10-7-21(31)32/h4-9,12,15,18H,10-11,13-14,16H2,1-3H3;1-6,9,12,15H,7-8,10-11,13H2,(H,31,32)/t18-;15-/m11/s1. The van der Waals surface area contributed by atoms with E-state index in [0.717, 1.165) is 33.9 Å². The third kappa shape index (κ3) is 11.9. The summed E-state index contributed by atoms with van der Waals surface area (Å²) in [6.45, 7) is 7.56. The molecule has 0 bridgehead atoms. The quantitative estimate of drug-likeness (QED) is 0.0800. The summed E-state index contributed by atoms with van der Waals surface area (Å²) in [4.78, 5) is 31.8. The Kier molecular flexibility index (Phi) is 14.5. The van der Waals surface area contributed by atoms with E-state index in [1.165, 1.54) is 24.3 Å². The summed E-state index contributed by atoms with van der Waals surface area (Å²) < 4.78 is 124. The van der Waals surface area contributed by atoms with E-state index in [-0.39, 0.29) is 78.1 Å². The summed E-state index contributed by atoms with van der Waals surface area (Å²) in [6.07, 6.45) is -5.30. The second-order valence-electron chi connectivity index (χ2n) is 18.4. The van der Waals surface area contributed by atoms with Crippen molar-refractivity contribution in [2.45, 2.75) is 89.7 Å². The minimum atomic E-state index is -4.64. The van der Waals surface area contributed by atoms with Crippen molar-refractivity contribution in [3.63, 3.8) is 0 Å². The van der Waals surface area contributed by atoms with Crippen LogP contribution in [0.2, 0.25) is 0 Å². The highest BCUT2D eigenvalue weighted by Crippen LogP contribution is 2.42. The van der Waals surface area contributed by atoms with Gasteiger partial charge in [-0.05, 0) is 93.6 Å². The van der Waals surface area contributed by atoms with Crippen molar-refractivity contribution in [1.82, 2.24) is 29.4 Å². The molecule has 1 N–H and O–H groups in total. The molecule has 6 heterocycles. The lowest BCUT2D eigenvalue weighted by atomic mass is 10.1. The van der Waals surface area contributed by atoms with Crippen LogP contribution in [0.3, 0.4) is 0 Å². The Hall–Kier alpha value is -7.72. The molecule has 2 saturated heterocycles. The minimum Gasteiger partial charge on any atom is -0.487 e. The fraction of sp³-hybridized carbons (Fsp3) is 0.346. The van der Waals surface area contributed by atoms with Crippen LogP contribution < -0.4 is 9.47 Å². The Morgan fingerprint density at radius 2 is 1.11 bits per heavy atom. The molecule has 0 unspecified atom stereocenters. The zero-order chi connectivity index (χ0) is 52.4. The summed E-state index contributed by atoms with van der Waals surface area (Å²) >= 11 is 0. The average molecular weight is 1030 g/mol. The van der Waals surface area contributed by atoms with Gasteiger partial charge in [-0.1, -0.05) is 22.4 Å². The number of ether oxygens (including phenoxy) is 5. The van der Waals surface area contributed by atoms with Crippen LogP contribution in [0, 0.1) is 0 Å². The zero-order valence-corrected chi connectivity index (χ0v) is 40.0. The molecule has 2 aliphatic heterocycles. The number of nitrogens with zero attached hydrogens (tertiary/aromatic N) is 6. The van der Waals surface area contributed by atoms with Gasteiger partial charge in [-0.25, -0.2) is 0 Å². The number of aromatic nitrogens is 6. The molecule has 8 aromatic rings. The summed E-state index contributed by atoms with van der Waals surface area (Å²) in [5, 5.41) is 18.3. The molecule has 4 aromatic heterocycles. The molecular weight excluding hydrogens is 983 g/mol. The lowest BCUT2D eigenvalue weighted by Gasteiger charge is -2.19. The number of carbonyl (C=O) groups is 2. The SMILES string of the molecule is CC(C)(C)OC(=O)CCn1ccc2c(-c3nc(-c4ccc(O[C@@H]5CCOC5)c(C(F)(F)F)c4)no3)cccc21.O=C(O)CCn1ccc2c(-c3nc(-c4ccc(O[C@@H]5CCOC5)c(C(F)(F)F)c4)no3)cccc21. The number of aryl methyl sites for hydroxylation is 2. The van der Waals surface area contributed by atoms with Crippen LogP contribution in [0.1, 0.15) is 57.6 Å². The van der Waals surface area contributed by atoms with E-state index in [1.54, 1.807) is 35.0 Å². The Bertz CT molecular complexity index is 3290. The van der Waals surface area contributed by atoms with Crippen molar-refractivity contribution in [3.8, 4) is 57.2 Å². The van der Waals surface area contributed by atoms with Gasteiger partial charge in [0.05, 0.1) is 50.4 Å². The van der Waals surface area contributed by atoms with Crippen LogP contribution in [0.5, 0.6) is 11.5 Å². The third-order valence-corrected chi connectivity index (χ3v) is 11.9. The number of rotatable bonds is 14. The fourth-order valence-electron chi connectivity index (χ4n) is 8.49. The number of carboxylic acids is 1. The molecule has 10 rings (SSSR count). The van der Waals surface area contributed by atoms with Crippen LogP contribution in [-0.4, -0.2) is 90.7 Å². The van der Waals surface area contributed by atoms with Gasteiger partial charge < -0.3 is 47.0 Å². The van der Waals surface area contributed by atoms with Gasteiger partial charge in [0, 0.05) is 82.4 Å². The van der Waals surface area contributed by atoms with Crippen LogP contribution in [0.15, 0.2) is 106 Å². The monoisotopic (exact) mass is 1030 g/mol. The number of carbonyl (C=O) groups excluding carboxylic acids is 1. The molecule has 0 amide bonds. The predicted molar refractivity (Wildman–Crippen MR) is 254 cm³/mol. The van der Waals surface area contributed by atoms with Gasteiger partial charge in [0.25, 0.3) is 11.8 Å². The summed E-state index contributed by atoms with van der Waals surface area (Å²) in [6, 6.07) is 21.9. The molecule has 2 atom stereocenters. The van der Waals surface area contributed by atoms with E-state index in [2.05, 4.69) is 20.3 Å². The second kappa shape index (κ2) is 21.0. The van der Waals surface area contributed by atoms with Crippen molar-refractivity contribution in [2.75, 3.05) is 26.4 Å². The van der Waals surface area contributed by atoms with Gasteiger partial charge in [-0.2, -0.15) is 36.3 Å². The summed E-state index contributed by atoms with van der Waals surface area (Å²) in [7, 11) is 0. The predicted octanol–water partition coefficient (Wildman–Crippen LogP) is 11.3. The van der Waals surface area contributed by atoms with Gasteiger partial charge in [-0.3, -0.25) is 9.59 Å². The molecule has 74 heavy (non-hydrogen) atoms. The average Bonchev–Trinajstić information content (AvgIpc) is 4.22. The van der Waals surface area contributed by atoms with Crippen LogP contribution in [0.4, 0.5) is 26.3 Å². The minimum absolute atomic E-state index is 0.00330. The molecule has 0 radical (unpaired) electrons. The highest BCUT2D eigenvalue weighted by atomic mass is 19.4. The third-order valence-electron chi connectivity index (χ3n) is 11.9. The number of alkyl halides is 6. The van der Waals surface area contributed by atoms with E-state index in [0.29, 0.717) is 50.3 Å². The van der Waals surface area contributed by atoms with E-state index in [1.807, 2.05) is 55.8 Å². The number of halogens is 6. The molecule has 388 valence electrons. The van der Waals surface area contributed by atoms with Crippen molar-refractivity contribution in [3.05, 3.63) is 108 Å². The Labute approximate surface area is 417 Å². The summed E-state index contributed by atoms with van der Waals surface area (Å²) in [5.41, 5.74) is 0.716. The molecule has 4 aromatic carbocycles. The molecule has 22 heteroatoms. The first-order valence-corrected chi connectivity index (χ1v) is 23.5. The van der Waals surface area contributed by atoms with Crippen molar-refractivity contribution >= 4 is 33.7 Å². The number of hydrogen-bond donors (Lipinski definition) is 1. The van der Waals surface area contributed by atoms with E-state index >= 15 is 0 Å². The Morgan fingerprint density at radius 3 is 1.51 bits per heavy atom. The molecule has 0 aliphatic carbocycles. The zero-order valence-electron chi connectivity index (χ0n) is 40.0. The largest absolute Gasteiger partial charge is 0.487 e. The maximum Gasteiger partial charge on any atom is 0.419 e. The van der Waals surface area contributed by atoms with Crippen molar-refractivity contribution in [2.24, 2.45) is 0 Å². The first-order chi connectivity index (χ1) is 35.3. The normalized spacial score (nSPS) is 16.1. The number of benzene rings is 4. The van der Waals surface area contributed by atoms with Gasteiger partial charge in [0.15, 0.2) is 0 Å². The van der Waals surface area contributed by atoms with Gasteiger partial charge >= 0.3 is 24.3 Å². The van der Waals surface area contributed by atoms with Crippen LogP contribution >= 0.6 is 0 Å². The maximum absolute atomic E-state index is 13.9. The maximum atomic E-state index is 13.9. The van der Waals surface area contributed by atoms with Gasteiger partial charge in [0.1, 0.15) is 29.3 Å². The molecule has 0 spiro atoms. The van der Waals surface area contributed by atoms with Crippen LogP contribution in [-0.2, 0) is 49.2 Å². The van der Waals surface area contributed by atoms with Gasteiger partial charge in [0.2, 0.25) is 11.6 Å². The van der Waals surface area contributed by atoms with E-state index in [9.17, 15) is 35.9 Å². The van der Waals surface area contributed by atoms with E-state index < -0.39 is 47.3 Å². The second-order valence-corrected chi connectivity index (χ2v) is 18.4. The molecule has 2 fully saturated rings. The first kappa shape index (κ1) is 51.2. The van der Waals surface area contributed by atoms with Crippen molar-refractivity contribution < 1.29 is 73.8 Å². The summed E-state index contributed by atoms with van der Waals surface area (Å²) in [5.74, 6) is -1.41. The lowest BCUT2D eigenvalue weighted by molar-refractivity contribution is -0.155. The topological polar surface area (TPSA) is 188 Å². The number of fused-ring (bicyclic) bond motifs is 2. The highest BCUT2D eigenvalue weighted by molar-refractivity contribution is 5.94. The highest BCUT2D eigenvalue weighted by Gasteiger charge is 2.38. The molecule has 0 saturated carbocycles. The Balaban J connectivity index is 0.000000183. The number of esters is 1. The smallest absolute Gasteiger partial charge is 0.419 e. The number of hydrogen-bond acceptors (Lipinski definition) is 13. The molecule has 16 nitrogen and oxygen atoms in total. The van der Waals surface area contributed by atoms with Crippen molar-refractivity contribution in [1.29, 1.82) is 0 Å². The van der Waals surface area contributed by atoms with E-state index in [4.69, 9.17) is 37.8 Å². The lowest BCUT2D eigenvalue weighted by Crippen LogP contribution is -2.24. The number of aliphatic carboxylic acids is 1. The molecular formula is C52H48F6N6O10. The molecule has 2 aliphatic rings.